The maximum absolute atomic E-state index is 5.75. The largest absolute Gasteiger partial charge is 0.374 e. The van der Waals surface area contributed by atoms with Gasteiger partial charge in [0.1, 0.15) is 0 Å². The van der Waals surface area contributed by atoms with Gasteiger partial charge in [-0.15, -0.1) is 0 Å². The van der Waals surface area contributed by atoms with Crippen molar-refractivity contribution in [3.63, 3.8) is 0 Å². The van der Waals surface area contributed by atoms with Gasteiger partial charge in [-0.05, 0) is 45.1 Å². The summed E-state index contributed by atoms with van der Waals surface area (Å²) in [6.45, 7) is 5.45. The van der Waals surface area contributed by atoms with E-state index in [2.05, 4.69) is 25.4 Å². The summed E-state index contributed by atoms with van der Waals surface area (Å²) in [6, 6.07) is 0.627. The van der Waals surface area contributed by atoms with Crippen LogP contribution in [0.5, 0.6) is 0 Å². The van der Waals surface area contributed by atoms with Gasteiger partial charge in [-0.3, -0.25) is 0 Å². The zero-order valence-electron chi connectivity index (χ0n) is 9.58. The van der Waals surface area contributed by atoms with Crippen molar-refractivity contribution < 1.29 is 4.74 Å². The summed E-state index contributed by atoms with van der Waals surface area (Å²) in [6.07, 6.45) is 6.80. The van der Waals surface area contributed by atoms with E-state index >= 15 is 0 Å². The Morgan fingerprint density at radius 2 is 2.29 bits per heavy atom. The van der Waals surface area contributed by atoms with Gasteiger partial charge in [0.25, 0.3) is 0 Å². The molecule has 1 N–H and O–H groups in total. The van der Waals surface area contributed by atoms with Crippen LogP contribution >= 0.6 is 11.8 Å². The average molecular weight is 217 g/mol. The molecular formula is C11H23NOS. The van der Waals surface area contributed by atoms with E-state index in [-0.39, 0.29) is 0 Å². The topological polar surface area (TPSA) is 21.3 Å². The number of hydrogen-bond acceptors (Lipinski definition) is 3. The summed E-state index contributed by atoms with van der Waals surface area (Å²) < 4.78 is 5.75. The highest BCUT2D eigenvalue weighted by Crippen LogP contribution is 2.18. The van der Waals surface area contributed by atoms with Gasteiger partial charge in [0, 0.05) is 12.6 Å². The van der Waals surface area contributed by atoms with Gasteiger partial charge in [-0.2, -0.15) is 11.8 Å². The van der Waals surface area contributed by atoms with E-state index in [1.54, 1.807) is 0 Å². The van der Waals surface area contributed by atoms with Gasteiger partial charge in [0.15, 0.2) is 0 Å². The fraction of sp³-hybridized carbons (Fsp3) is 1.00. The van der Waals surface area contributed by atoms with Crippen LogP contribution in [-0.4, -0.2) is 36.8 Å². The van der Waals surface area contributed by atoms with Crippen LogP contribution in [0.1, 0.15) is 33.1 Å². The Morgan fingerprint density at radius 1 is 1.50 bits per heavy atom. The molecular weight excluding hydrogens is 194 g/mol. The minimum Gasteiger partial charge on any atom is -0.374 e. The molecule has 0 aromatic carbocycles. The molecule has 3 unspecified atom stereocenters. The minimum atomic E-state index is 0.460. The lowest BCUT2D eigenvalue weighted by molar-refractivity contribution is 0.0546. The second-order valence-corrected chi connectivity index (χ2v) is 5.22. The standard InChI is InChI=1S/C11H23NOS/c1-9(6-7-14-3)12-8-11-5-4-10(2)13-11/h9-12H,4-8H2,1-3H3. The molecule has 2 nitrogen and oxygen atoms in total. The highest BCUT2D eigenvalue weighted by molar-refractivity contribution is 7.98. The molecule has 0 amide bonds. The summed E-state index contributed by atoms with van der Waals surface area (Å²) in [5.41, 5.74) is 0. The smallest absolute Gasteiger partial charge is 0.0704 e. The van der Waals surface area contributed by atoms with Crippen LogP contribution in [0.4, 0.5) is 0 Å². The van der Waals surface area contributed by atoms with Gasteiger partial charge in [0.05, 0.1) is 12.2 Å². The molecule has 1 saturated heterocycles. The third-order valence-corrected chi connectivity index (χ3v) is 3.41. The van der Waals surface area contributed by atoms with E-state index in [0.717, 1.165) is 6.54 Å². The van der Waals surface area contributed by atoms with E-state index in [1.807, 2.05) is 11.8 Å². The molecule has 0 aliphatic carbocycles. The van der Waals surface area contributed by atoms with Crippen LogP contribution in [0.3, 0.4) is 0 Å². The maximum Gasteiger partial charge on any atom is 0.0704 e. The van der Waals surface area contributed by atoms with Crippen molar-refractivity contribution in [2.75, 3.05) is 18.6 Å². The molecule has 0 aromatic rings. The zero-order chi connectivity index (χ0) is 10.4. The SMILES string of the molecule is CSCCC(C)NCC1CCC(C)O1. The van der Waals surface area contributed by atoms with Crippen LogP contribution in [-0.2, 0) is 4.74 Å². The first-order valence-electron chi connectivity index (χ1n) is 5.60. The molecule has 1 heterocycles. The molecule has 0 radical (unpaired) electrons. The van der Waals surface area contributed by atoms with E-state index in [9.17, 15) is 0 Å². The lowest BCUT2D eigenvalue weighted by Crippen LogP contribution is -2.34. The second-order valence-electron chi connectivity index (χ2n) is 4.24. The normalized spacial score (nSPS) is 29.4. The Morgan fingerprint density at radius 3 is 2.86 bits per heavy atom. The molecule has 84 valence electrons. The third-order valence-electron chi connectivity index (χ3n) is 2.77. The van der Waals surface area contributed by atoms with E-state index in [1.165, 1.54) is 25.0 Å². The molecule has 1 aliphatic rings. The monoisotopic (exact) mass is 217 g/mol. The Kier molecular flexibility index (Phi) is 5.90. The molecule has 0 spiro atoms. The number of ether oxygens (including phenoxy) is 1. The highest BCUT2D eigenvalue weighted by Gasteiger charge is 2.21. The minimum absolute atomic E-state index is 0.460. The molecule has 0 bridgehead atoms. The quantitative estimate of drug-likeness (QED) is 0.737. The summed E-state index contributed by atoms with van der Waals surface area (Å²) in [5, 5.41) is 3.54. The number of nitrogens with one attached hydrogen (secondary N) is 1. The fourth-order valence-corrected chi connectivity index (χ4v) is 2.35. The zero-order valence-corrected chi connectivity index (χ0v) is 10.4. The first-order chi connectivity index (χ1) is 6.72. The number of thioether (sulfide) groups is 1. The third kappa shape index (κ3) is 4.67. The van der Waals surface area contributed by atoms with Crippen molar-refractivity contribution in [1.82, 2.24) is 5.32 Å². The van der Waals surface area contributed by atoms with Gasteiger partial charge in [-0.1, -0.05) is 0 Å². The first-order valence-corrected chi connectivity index (χ1v) is 6.99. The Bertz CT molecular complexity index is 154. The van der Waals surface area contributed by atoms with Gasteiger partial charge < -0.3 is 10.1 Å². The summed E-state index contributed by atoms with van der Waals surface area (Å²) in [5.74, 6) is 1.25. The van der Waals surface area contributed by atoms with E-state index in [4.69, 9.17) is 4.74 Å². The predicted octanol–water partition coefficient (Wildman–Crippen LogP) is 2.29. The van der Waals surface area contributed by atoms with Crippen LogP contribution in [0.25, 0.3) is 0 Å². The molecule has 0 saturated carbocycles. The van der Waals surface area contributed by atoms with Crippen LogP contribution in [0, 0.1) is 0 Å². The Labute approximate surface area is 92.2 Å². The molecule has 0 aromatic heterocycles. The molecule has 1 rings (SSSR count). The van der Waals surface area contributed by atoms with Crippen LogP contribution < -0.4 is 5.32 Å². The Balaban J connectivity index is 2.02. The van der Waals surface area contributed by atoms with Gasteiger partial charge in [0.2, 0.25) is 0 Å². The van der Waals surface area contributed by atoms with Crippen molar-refractivity contribution in [1.29, 1.82) is 0 Å². The summed E-state index contributed by atoms with van der Waals surface area (Å²) >= 11 is 1.92. The fourth-order valence-electron chi connectivity index (χ4n) is 1.76. The summed E-state index contributed by atoms with van der Waals surface area (Å²) in [7, 11) is 0. The molecule has 1 aliphatic heterocycles. The number of hydrogen-bond donors (Lipinski definition) is 1. The van der Waals surface area contributed by atoms with E-state index < -0.39 is 0 Å². The Hall–Kier alpha value is 0.270. The lowest BCUT2D eigenvalue weighted by atomic mass is 10.2. The molecule has 14 heavy (non-hydrogen) atoms. The second kappa shape index (κ2) is 6.70. The molecule has 3 heteroatoms. The van der Waals surface area contributed by atoms with Crippen molar-refractivity contribution in [3.8, 4) is 0 Å². The van der Waals surface area contributed by atoms with Crippen molar-refractivity contribution in [2.45, 2.75) is 51.4 Å². The lowest BCUT2D eigenvalue weighted by Gasteiger charge is -2.17. The first kappa shape index (κ1) is 12.3. The van der Waals surface area contributed by atoms with Crippen LogP contribution in [0.15, 0.2) is 0 Å². The molecule has 3 atom stereocenters. The highest BCUT2D eigenvalue weighted by atomic mass is 32.2. The summed E-state index contributed by atoms with van der Waals surface area (Å²) in [4.78, 5) is 0. The van der Waals surface area contributed by atoms with Crippen molar-refractivity contribution in [3.05, 3.63) is 0 Å². The average Bonchev–Trinajstić information content (AvgIpc) is 2.58. The maximum atomic E-state index is 5.75. The molecule has 1 fully saturated rings. The van der Waals surface area contributed by atoms with Gasteiger partial charge >= 0.3 is 0 Å². The van der Waals surface area contributed by atoms with Crippen molar-refractivity contribution >= 4 is 11.8 Å². The van der Waals surface area contributed by atoms with Crippen molar-refractivity contribution in [2.24, 2.45) is 0 Å². The van der Waals surface area contributed by atoms with Gasteiger partial charge in [-0.25, -0.2) is 0 Å². The predicted molar refractivity (Wildman–Crippen MR) is 64.0 cm³/mol. The van der Waals surface area contributed by atoms with Crippen LogP contribution in [0.2, 0.25) is 0 Å². The van der Waals surface area contributed by atoms with E-state index in [0.29, 0.717) is 18.2 Å². The number of rotatable bonds is 6.